The topological polar surface area (TPSA) is 114 Å². The highest BCUT2D eigenvalue weighted by molar-refractivity contribution is 5.50. The van der Waals surface area contributed by atoms with Crippen LogP contribution >= 0.6 is 0 Å². The second-order valence-electron chi connectivity index (χ2n) is 8.91. The zero-order chi connectivity index (χ0) is 24.6. The summed E-state index contributed by atoms with van der Waals surface area (Å²) in [6.45, 7) is 4.04. The van der Waals surface area contributed by atoms with Gasteiger partial charge in [-0.3, -0.25) is 9.48 Å². The number of anilines is 2. The minimum absolute atomic E-state index is 0.111. The Balaban J connectivity index is 1.15. The summed E-state index contributed by atoms with van der Waals surface area (Å²) in [5.74, 6) is 1.32. The van der Waals surface area contributed by atoms with E-state index in [0.29, 0.717) is 25.0 Å². The van der Waals surface area contributed by atoms with Gasteiger partial charge in [0, 0.05) is 25.0 Å². The molecule has 0 radical (unpaired) electrons. The Hall–Kier alpha value is -3.48. The second kappa shape index (κ2) is 9.29. The van der Waals surface area contributed by atoms with E-state index in [-0.39, 0.29) is 18.9 Å². The van der Waals surface area contributed by atoms with Crippen molar-refractivity contribution >= 4 is 11.6 Å². The van der Waals surface area contributed by atoms with Gasteiger partial charge in [-0.1, -0.05) is 0 Å². The largest absolute Gasteiger partial charge is 0.423 e. The third kappa shape index (κ3) is 5.29. The monoisotopic (exact) mass is 490 g/mol. The molecule has 1 atom stereocenters. The number of rotatable bonds is 8. The molecule has 1 aliphatic heterocycles. The van der Waals surface area contributed by atoms with Gasteiger partial charge in [-0.25, -0.2) is 15.1 Å². The van der Waals surface area contributed by atoms with E-state index in [1.165, 1.54) is 18.4 Å². The zero-order valence-electron chi connectivity index (χ0n) is 19.0. The van der Waals surface area contributed by atoms with E-state index in [0.717, 1.165) is 24.1 Å². The molecule has 186 valence electrons. The Bertz CT molecular complexity index is 1240. The van der Waals surface area contributed by atoms with Crippen molar-refractivity contribution in [3.05, 3.63) is 57.5 Å². The first kappa shape index (κ1) is 23.3. The standard InChI is InChI=1S/C22H25F3N8O2/c1-13(29-18-9-28-30-20(34)19(18)22(23,24)25)11-35-12-16-6-17-10-32(4-5-33(17)31-16)21-26-7-15(8-27-21)14-2-3-14/h6-9,13-14H,2-5,10-12H2,1H3,(H2,29,30,34). The Morgan fingerprint density at radius 3 is 2.71 bits per heavy atom. The van der Waals surface area contributed by atoms with Crippen molar-refractivity contribution in [1.82, 2.24) is 29.9 Å². The van der Waals surface area contributed by atoms with Crippen molar-refractivity contribution in [2.24, 2.45) is 0 Å². The normalized spacial score (nSPS) is 16.7. The number of aromatic amines is 1. The molecular formula is C22H25F3N8O2. The molecule has 1 unspecified atom stereocenters. The molecule has 2 N–H and O–H groups in total. The van der Waals surface area contributed by atoms with Crippen LogP contribution in [0, 0.1) is 0 Å². The third-order valence-electron chi connectivity index (χ3n) is 6.00. The smallest absolute Gasteiger partial charge is 0.378 e. The van der Waals surface area contributed by atoms with Crippen LogP contribution in [-0.4, -0.2) is 49.1 Å². The number of aromatic nitrogens is 6. The first-order valence-electron chi connectivity index (χ1n) is 11.4. The Labute approximate surface area is 198 Å². The lowest BCUT2D eigenvalue weighted by Gasteiger charge is -2.27. The van der Waals surface area contributed by atoms with Gasteiger partial charge in [-0.05, 0) is 37.3 Å². The number of nitrogens with zero attached hydrogens (tertiary/aromatic N) is 6. The average molecular weight is 490 g/mol. The number of halogens is 3. The van der Waals surface area contributed by atoms with E-state index < -0.39 is 23.3 Å². The van der Waals surface area contributed by atoms with E-state index in [1.54, 1.807) is 6.92 Å². The fraction of sp³-hybridized carbons (Fsp3) is 0.500. The van der Waals surface area contributed by atoms with Crippen LogP contribution in [0.1, 0.15) is 48.2 Å². The number of hydrogen-bond acceptors (Lipinski definition) is 8. The molecule has 0 amide bonds. The number of fused-ring (bicyclic) bond motifs is 1. The van der Waals surface area contributed by atoms with E-state index in [9.17, 15) is 18.0 Å². The summed E-state index contributed by atoms with van der Waals surface area (Å²) in [6, 6.07) is 1.45. The average Bonchev–Trinajstić information content (AvgIpc) is 3.58. The summed E-state index contributed by atoms with van der Waals surface area (Å²) >= 11 is 0. The maximum absolute atomic E-state index is 13.2. The number of H-pyrrole nitrogens is 1. The van der Waals surface area contributed by atoms with E-state index in [1.807, 2.05) is 28.2 Å². The van der Waals surface area contributed by atoms with Crippen molar-refractivity contribution in [2.45, 2.75) is 57.6 Å². The summed E-state index contributed by atoms with van der Waals surface area (Å²) < 4.78 is 47.2. The number of nitrogens with one attached hydrogen (secondary N) is 2. The Morgan fingerprint density at radius 1 is 1.23 bits per heavy atom. The van der Waals surface area contributed by atoms with Crippen molar-refractivity contribution in [1.29, 1.82) is 0 Å². The van der Waals surface area contributed by atoms with Crippen LogP contribution in [0.5, 0.6) is 0 Å². The van der Waals surface area contributed by atoms with Crippen LogP contribution in [-0.2, 0) is 30.6 Å². The lowest BCUT2D eigenvalue weighted by molar-refractivity contribution is -0.138. The van der Waals surface area contributed by atoms with Crippen LogP contribution in [0.3, 0.4) is 0 Å². The summed E-state index contributed by atoms with van der Waals surface area (Å²) in [7, 11) is 0. The molecule has 0 spiro atoms. The SMILES string of the molecule is CC(COCc1cc2n(n1)CCN(c1ncc(C3CC3)cn1)C2)Nc1cn[nH]c(=O)c1C(F)(F)F. The van der Waals surface area contributed by atoms with Gasteiger partial charge in [-0.2, -0.15) is 23.4 Å². The molecule has 5 rings (SSSR count). The minimum atomic E-state index is -4.80. The van der Waals surface area contributed by atoms with Crippen molar-refractivity contribution in [2.75, 3.05) is 23.4 Å². The van der Waals surface area contributed by atoms with Gasteiger partial charge in [0.05, 0.1) is 49.6 Å². The van der Waals surface area contributed by atoms with Gasteiger partial charge >= 0.3 is 6.18 Å². The Morgan fingerprint density at radius 2 is 2.00 bits per heavy atom. The van der Waals surface area contributed by atoms with Crippen LogP contribution < -0.4 is 15.8 Å². The summed E-state index contributed by atoms with van der Waals surface area (Å²) in [6.07, 6.45) is 2.40. The highest BCUT2D eigenvalue weighted by Gasteiger charge is 2.37. The maximum Gasteiger partial charge on any atom is 0.423 e. The molecule has 13 heteroatoms. The van der Waals surface area contributed by atoms with E-state index >= 15 is 0 Å². The van der Waals surface area contributed by atoms with Gasteiger partial charge in [-0.15, -0.1) is 0 Å². The highest BCUT2D eigenvalue weighted by atomic mass is 19.4. The molecule has 3 aromatic heterocycles. The van der Waals surface area contributed by atoms with Gasteiger partial charge < -0.3 is 15.0 Å². The molecule has 1 fully saturated rings. The predicted octanol–water partition coefficient (Wildman–Crippen LogP) is 2.69. The molecule has 0 bridgehead atoms. The zero-order valence-corrected chi connectivity index (χ0v) is 19.0. The van der Waals surface area contributed by atoms with E-state index in [4.69, 9.17) is 4.74 Å². The molecule has 4 heterocycles. The van der Waals surface area contributed by atoms with Gasteiger partial charge in [0.1, 0.15) is 5.56 Å². The molecule has 10 nitrogen and oxygen atoms in total. The summed E-state index contributed by atoms with van der Waals surface area (Å²) in [5.41, 5.74) is -0.0475. The predicted molar refractivity (Wildman–Crippen MR) is 120 cm³/mol. The van der Waals surface area contributed by atoms with Crippen molar-refractivity contribution in [3.63, 3.8) is 0 Å². The number of ether oxygens (including phenoxy) is 1. The van der Waals surface area contributed by atoms with Gasteiger partial charge in [0.2, 0.25) is 5.95 Å². The summed E-state index contributed by atoms with van der Waals surface area (Å²) in [5, 5.41) is 12.5. The fourth-order valence-electron chi connectivity index (χ4n) is 4.13. The quantitative estimate of drug-likeness (QED) is 0.496. The van der Waals surface area contributed by atoms with Crippen molar-refractivity contribution < 1.29 is 17.9 Å². The molecule has 1 saturated carbocycles. The number of alkyl halides is 3. The van der Waals surface area contributed by atoms with Crippen LogP contribution in [0.25, 0.3) is 0 Å². The van der Waals surface area contributed by atoms with E-state index in [2.05, 4.69) is 30.4 Å². The minimum Gasteiger partial charge on any atom is -0.378 e. The van der Waals surface area contributed by atoms with Crippen molar-refractivity contribution in [3.8, 4) is 0 Å². The van der Waals surface area contributed by atoms with Gasteiger partial charge in [0.25, 0.3) is 5.56 Å². The molecule has 0 aromatic carbocycles. The molecule has 2 aliphatic rings. The highest BCUT2D eigenvalue weighted by Crippen LogP contribution is 2.39. The van der Waals surface area contributed by atoms with Crippen LogP contribution in [0.2, 0.25) is 0 Å². The molecule has 3 aromatic rings. The lowest BCUT2D eigenvalue weighted by Crippen LogP contribution is -2.34. The Kier molecular flexibility index (Phi) is 6.17. The first-order valence-corrected chi connectivity index (χ1v) is 11.4. The molecule has 1 aliphatic carbocycles. The second-order valence-corrected chi connectivity index (χ2v) is 8.91. The first-order chi connectivity index (χ1) is 16.8. The molecular weight excluding hydrogens is 465 g/mol. The molecule has 0 saturated heterocycles. The lowest BCUT2D eigenvalue weighted by atomic mass is 10.2. The molecule has 35 heavy (non-hydrogen) atoms. The maximum atomic E-state index is 13.2. The van der Waals surface area contributed by atoms with Crippen LogP contribution in [0.4, 0.5) is 24.8 Å². The van der Waals surface area contributed by atoms with Gasteiger partial charge in [0.15, 0.2) is 0 Å². The fourth-order valence-corrected chi connectivity index (χ4v) is 4.13. The number of hydrogen-bond donors (Lipinski definition) is 2. The van der Waals surface area contributed by atoms with Crippen LogP contribution in [0.15, 0.2) is 29.5 Å². The summed E-state index contributed by atoms with van der Waals surface area (Å²) in [4.78, 5) is 22.8. The third-order valence-corrected chi connectivity index (χ3v) is 6.00.